The second kappa shape index (κ2) is 11.7. The van der Waals surface area contributed by atoms with Crippen LogP contribution >= 0.6 is 0 Å². The first kappa shape index (κ1) is 17.6. The summed E-state index contributed by atoms with van der Waals surface area (Å²) < 4.78 is 0.718. The number of unbranched alkanes of at least 4 members (excludes halogenated alkanes) is 1. The average molecular weight is 272 g/mol. The highest BCUT2D eigenvalue weighted by atomic mass is 16.5. The van der Waals surface area contributed by atoms with Gasteiger partial charge in [0.15, 0.2) is 0 Å². The van der Waals surface area contributed by atoms with Gasteiger partial charge < -0.3 is 20.7 Å². The van der Waals surface area contributed by atoms with E-state index in [4.69, 9.17) is 10.2 Å². The number of aromatic nitrogens is 1. The van der Waals surface area contributed by atoms with Crippen molar-refractivity contribution in [2.45, 2.75) is 26.2 Å². The molecular weight excluding hydrogens is 248 g/mol. The van der Waals surface area contributed by atoms with Crippen molar-refractivity contribution in [1.29, 1.82) is 0 Å². The molecule has 110 valence electrons. The Kier molecular flexibility index (Phi) is 10.9. The summed E-state index contributed by atoms with van der Waals surface area (Å²) in [5.74, 6) is 0. The fraction of sp³-hybridized carbons (Fsp3) is 0.615. The highest BCUT2D eigenvalue weighted by Crippen LogP contribution is 2.00. The predicted octanol–water partition coefficient (Wildman–Crippen LogP) is -0.0112. The lowest BCUT2D eigenvalue weighted by atomic mass is 10.2. The molecule has 1 rings (SSSR count). The molecule has 0 aromatic carbocycles. The summed E-state index contributed by atoms with van der Waals surface area (Å²) in [4.78, 5) is 10.9. The van der Waals surface area contributed by atoms with E-state index in [0.29, 0.717) is 18.8 Å². The molecule has 0 aliphatic heterocycles. The molecule has 0 aliphatic carbocycles. The molecule has 0 fully saturated rings. The Morgan fingerprint density at radius 3 is 2.37 bits per heavy atom. The number of pyridine rings is 1. The first-order chi connectivity index (χ1) is 9.17. The average Bonchev–Trinajstić information content (AvgIpc) is 2.42. The number of aliphatic hydroxyl groups excluding tert-OH is 2. The SMILES string of the molecule is CCCCc1cccc(=O)n1O.OCCNCCO. The third-order valence-electron chi connectivity index (χ3n) is 2.37. The Labute approximate surface area is 113 Å². The van der Waals surface area contributed by atoms with E-state index in [9.17, 15) is 10.0 Å². The molecule has 0 amide bonds. The van der Waals surface area contributed by atoms with Gasteiger partial charge in [-0.05, 0) is 18.9 Å². The largest absolute Gasteiger partial charge is 0.425 e. The van der Waals surface area contributed by atoms with Crippen molar-refractivity contribution in [2.75, 3.05) is 26.3 Å². The molecule has 19 heavy (non-hydrogen) atoms. The van der Waals surface area contributed by atoms with Gasteiger partial charge in [0.25, 0.3) is 5.56 Å². The van der Waals surface area contributed by atoms with Crippen LogP contribution in [0.5, 0.6) is 0 Å². The summed E-state index contributed by atoms with van der Waals surface area (Å²) in [6.07, 6.45) is 2.80. The first-order valence-electron chi connectivity index (χ1n) is 6.50. The van der Waals surface area contributed by atoms with Gasteiger partial charge in [-0.25, -0.2) is 0 Å². The number of rotatable bonds is 7. The molecule has 6 heteroatoms. The molecule has 0 unspecified atom stereocenters. The van der Waals surface area contributed by atoms with Crippen LogP contribution in [0.4, 0.5) is 0 Å². The van der Waals surface area contributed by atoms with Gasteiger partial charge in [-0.15, -0.1) is 0 Å². The molecule has 1 aromatic heterocycles. The highest BCUT2D eigenvalue weighted by Gasteiger charge is 1.99. The van der Waals surface area contributed by atoms with Gasteiger partial charge in [0.1, 0.15) is 0 Å². The van der Waals surface area contributed by atoms with Crippen molar-refractivity contribution in [1.82, 2.24) is 10.0 Å². The lowest BCUT2D eigenvalue weighted by Gasteiger charge is -2.03. The van der Waals surface area contributed by atoms with Gasteiger partial charge in [-0.2, -0.15) is 4.73 Å². The Balaban J connectivity index is 0.000000399. The standard InChI is InChI=1S/C9H13NO2.C4H11NO2/c1-2-3-5-8-6-4-7-9(11)10(8)12;6-3-1-5-2-4-7/h4,6-7,12H,2-3,5H2,1H3;5-7H,1-4H2. The van der Waals surface area contributed by atoms with Crippen LogP contribution in [-0.2, 0) is 6.42 Å². The first-order valence-corrected chi connectivity index (χ1v) is 6.50. The van der Waals surface area contributed by atoms with E-state index < -0.39 is 0 Å². The van der Waals surface area contributed by atoms with Gasteiger partial charge in [0.05, 0.1) is 18.9 Å². The molecule has 1 heterocycles. The fourth-order valence-corrected chi connectivity index (χ4v) is 1.35. The number of nitrogens with one attached hydrogen (secondary N) is 1. The van der Waals surface area contributed by atoms with E-state index in [-0.39, 0.29) is 18.8 Å². The van der Waals surface area contributed by atoms with Crippen LogP contribution in [-0.4, -0.2) is 46.5 Å². The van der Waals surface area contributed by atoms with Gasteiger partial charge in [0.2, 0.25) is 0 Å². The Morgan fingerprint density at radius 1 is 1.21 bits per heavy atom. The van der Waals surface area contributed by atoms with Gasteiger partial charge in [-0.1, -0.05) is 19.4 Å². The smallest absolute Gasteiger partial charge is 0.283 e. The second-order valence-electron chi connectivity index (χ2n) is 3.97. The maximum absolute atomic E-state index is 10.9. The van der Waals surface area contributed by atoms with Crippen molar-refractivity contribution < 1.29 is 15.4 Å². The minimum atomic E-state index is -0.358. The van der Waals surface area contributed by atoms with Crippen LogP contribution < -0.4 is 10.9 Å². The van der Waals surface area contributed by atoms with Crippen LogP contribution in [0, 0.1) is 0 Å². The molecule has 0 bridgehead atoms. The predicted molar refractivity (Wildman–Crippen MR) is 73.5 cm³/mol. The Hall–Kier alpha value is -1.37. The topological polar surface area (TPSA) is 94.7 Å². The van der Waals surface area contributed by atoms with Crippen molar-refractivity contribution in [3.05, 3.63) is 34.2 Å². The van der Waals surface area contributed by atoms with Crippen LogP contribution in [0.25, 0.3) is 0 Å². The van der Waals surface area contributed by atoms with E-state index >= 15 is 0 Å². The molecule has 1 aromatic rings. The van der Waals surface area contributed by atoms with Crippen molar-refractivity contribution in [3.63, 3.8) is 0 Å². The zero-order chi connectivity index (χ0) is 14.5. The minimum absolute atomic E-state index is 0.139. The van der Waals surface area contributed by atoms with Gasteiger partial charge >= 0.3 is 0 Å². The van der Waals surface area contributed by atoms with Crippen LogP contribution in [0.3, 0.4) is 0 Å². The summed E-state index contributed by atoms with van der Waals surface area (Å²) in [5.41, 5.74) is 0.327. The maximum Gasteiger partial charge on any atom is 0.283 e. The van der Waals surface area contributed by atoms with Crippen LogP contribution in [0.1, 0.15) is 25.5 Å². The summed E-state index contributed by atoms with van der Waals surface area (Å²) in [7, 11) is 0. The lowest BCUT2D eigenvalue weighted by molar-refractivity contribution is 0.164. The quantitative estimate of drug-likeness (QED) is 0.414. The summed E-state index contributed by atoms with van der Waals surface area (Å²) >= 11 is 0. The van der Waals surface area contributed by atoms with Crippen molar-refractivity contribution in [3.8, 4) is 0 Å². The number of hydrogen-bond acceptors (Lipinski definition) is 5. The highest BCUT2D eigenvalue weighted by molar-refractivity contribution is 5.05. The minimum Gasteiger partial charge on any atom is -0.425 e. The van der Waals surface area contributed by atoms with Crippen molar-refractivity contribution in [2.24, 2.45) is 0 Å². The molecule has 6 nitrogen and oxygen atoms in total. The number of aliphatic hydroxyl groups is 2. The van der Waals surface area contributed by atoms with Crippen LogP contribution in [0.2, 0.25) is 0 Å². The third kappa shape index (κ3) is 8.36. The summed E-state index contributed by atoms with van der Waals surface area (Å²) in [5, 5.41) is 28.3. The molecular formula is C13H24N2O4. The lowest BCUT2D eigenvalue weighted by Crippen LogP contribution is -2.21. The van der Waals surface area contributed by atoms with E-state index in [1.807, 2.05) is 0 Å². The summed E-state index contributed by atoms with van der Waals surface area (Å²) in [6, 6.07) is 4.77. The second-order valence-corrected chi connectivity index (χ2v) is 3.97. The molecule has 4 N–H and O–H groups in total. The zero-order valence-corrected chi connectivity index (χ0v) is 11.4. The van der Waals surface area contributed by atoms with Gasteiger partial charge in [-0.3, -0.25) is 4.79 Å². The number of aryl methyl sites for hydroxylation is 1. The molecule has 0 saturated carbocycles. The Morgan fingerprint density at radius 2 is 1.84 bits per heavy atom. The molecule has 0 radical (unpaired) electrons. The molecule has 0 aliphatic rings. The van der Waals surface area contributed by atoms with E-state index in [1.165, 1.54) is 6.07 Å². The van der Waals surface area contributed by atoms with E-state index in [2.05, 4.69) is 12.2 Å². The van der Waals surface area contributed by atoms with Gasteiger partial charge in [0, 0.05) is 19.2 Å². The third-order valence-corrected chi connectivity index (χ3v) is 2.37. The maximum atomic E-state index is 10.9. The number of hydrogen-bond donors (Lipinski definition) is 4. The number of nitrogens with zero attached hydrogens (tertiary/aromatic N) is 1. The molecule has 0 saturated heterocycles. The fourth-order valence-electron chi connectivity index (χ4n) is 1.35. The zero-order valence-electron chi connectivity index (χ0n) is 11.4. The van der Waals surface area contributed by atoms with E-state index in [1.54, 1.807) is 12.1 Å². The van der Waals surface area contributed by atoms with E-state index in [0.717, 1.165) is 24.0 Å². The molecule has 0 atom stereocenters. The van der Waals surface area contributed by atoms with Crippen molar-refractivity contribution >= 4 is 0 Å². The monoisotopic (exact) mass is 272 g/mol. The summed E-state index contributed by atoms with van der Waals surface area (Å²) in [6.45, 7) is 3.49. The van der Waals surface area contributed by atoms with Crippen LogP contribution in [0.15, 0.2) is 23.0 Å². The molecule has 0 spiro atoms. The normalized spacial score (nSPS) is 9.84. The Bertz CT molecular complexity index is 375.